The third-order valence-electron chi connectivity index (χ3n) is 5.69. The number of aryl methyl sites for hydroxylation is 2. The lowest BCUT2D eigenvalue weighted by Crippen LogP contribution is -2.43. The average Bonchev–Trinajstić information content (AvgIpc) is 3.21. The maximum atomic E-state index is 12.5. The molecule has 1 fully saturated rings. The minimum Gasteiger partial charge on any atom is -0.484 e. The Labute approximate surface area is 165 Å². The molecule has 2 amide bonds. The van der Waals surface area contributed by atoms with Crippen LogP contribution in [0.1, 0.15) is 30.4 Å². The van der Waals surface area contributed by atoms with Crippen molar-refractivity contribution in [3.8, 4) is 5.75 Å². The zero-order chi connectivity index (χ0) is 19.3. The summed E-state index contributed by atoms with van der Waals surface area (Å²) in [7, 11) is 0. The fourth-order valence-corrected chi connectivity index (χ4v) is 4.03. The topological polar surface area (TPSA) is 58.6 Å². The third kappa shape index (κ3) is 4.35. The summed E-state index contributed by atoms with van der Waals surface area (Å²) in [5.41, 5.74) is 3.55. The normalized spacial score (nSPS) is 16.5. The Kier molecular flexibility index (Phi) is 5.60. The zero-order valence-electron chi connectivity index (χ0n) is 16.0. The van der Waals surface area contributed by atoms with Crippen molar-refractivity contribution >= 4 is 17.5 Å². The molecule has 1 aliphatic heterocycles. The fourth-order valence-electron chi connectivity index (χ4n) is 4.03. The minimum absolute atomic E-state index is 0.0117. The third-order valence-corrected chi connectivity index (χ3v) is 5.69. The highest BCUT2D eigenvalue weighted by Gasteiger charge is 2.27. The Morgan fingerprint density at radius 3 is 2.54 bits per heavy atom. The van der Waals surface area contributed by atoms with Crippen LogP contribution in [0.3, 0.4) is 0 Å². The summed E-state index contributed by atoms with van der Waals surface area (Å²) in [4.78, 5) is 26.7. The molecular weight excluding hydrogens is 352 g/mol. The van der Waals surface area contributed by atoms with Crippen LogP contribution < -0.4 is 10.1 Å². The van der Waals surface area contributed by atoms with Crippen molar-refractivity contribution in [2.75, 3.05) is 25.0 Å². The molecule has 4 rings (SSSR count). The van der Waals surface area contributed by atoms with E-state index < -0.39 is 0 Å². The molecule has 1 aliphatic carbocycles. The summed E-state index contributed by atoms with van der Waals surface area (Å²) in [5.74, 6) is 0.739. The maximum Gasteiger partial charge on any atom is 0.260 e. The molecule has 0 atom stereocenters. The van der Waals surface area contributed by atoms with Crippen LogP contribution in [0.25, 0.3) is 0 Å². The largest absolute Gasteiger partial charge is 0.484 e. The molecule has 0 bridgehead atoms. The lowest BCUT2D eigenvalue weighted by atomic mass is 9.95. The number of carbonyl (C=O) groups excluding carboxylic acids is 2. The second-order valence-electron chi connectivity index (χ2n) is 7.58. The van der Waals surface area contributed by atoms with Gasteiger partial charge in [-0.3, -0.25) is 9.59 Å². The second kappa shape index (κ2) is 8.46. The molecule has 0 aromatic heterocycles. The van der Waals surface area contributed by atoms with E-state index in [-0.39, 0.29) is 24.3 Å². The van der Waals surface area contributed by atoms with Gasteiger partial charge in [0, 0.05) is 24.7 Å². The summed E-state index contributed by atoms with van der Waals surface area (Å²) in [6.07, 6.45) is 4.80. The molecule has 2 aromatic carbocycles. The average molecular weight is 378 g/mol. The Hall–Kier alpha value is -2.82. The van der Waals surface area contributed by atoms with Gasteiger partial charge >= 0.3 is 0 Å². The van der Waals surface area contributed by atoms with E-state index in [0.29, 0.717) is 25.9 Å². The summed E-state index contributed by atoms with van der Waals surface area (Å²) in [6, 6.07) is 15.6. The van der Waals surface area contributed by atoms with Gasteiger partial charge in [0.25, 0.3) is 5.91 Å². The molecule has 1 N–H and O–H groups in total. The molecule has 0 radical (unpaired) electrons. The van der Waals surface area contributed by atoms with Crippen molar-refractivity contribution in [1.29, 1.82) is 0 Å². The number of anilines is 1. The van der Waals surface area contributed by atoms with Gasteiger partial charge in [-0.2, -0.15) is 0 Å². The Morgan fingerprint density at radius 1 is 1.00 bits per heavy atom. The van der Waals surface area contributed by atoms with Crippen LogP contribution in [-0.2, 0) is 22.4 Å². The van der Waals surface area contributed by atoms with E-state index in [0.717, 1.165) is 24.3 Å². The number of hydrogen-bond acceptors (Lipinski definition) is 3. The highest BCUT2D eigenvalue weighted by atomic mass is 16.5. The Bertz CT molecular complexity index is 842. The van der Waals surface area contributed by atoms with Crippen LogP contribution in [0, 0.1) is 5.92 Å². The van der Waals surface area contributed by atoms with Crippen molar-refractivity contribution in [1.82, 2.24) is 4.90 Å². The van der Waals surface area contributed by atoms with Crippen molar-refractivity contribution in [3.63, 3.8) is 0 Å². The standard InChI is InChI=1S/C23H26N2O3/c26-22(16-28-21-10-9-17-5-4-6-19(17)15-21)25-13-11-18(12-14-25)23(27)24-20-7-2-1-3-8-20/h1-3,7-10,15,18H,4-6,11-14,16H2,(H,24,27). The maximum absolute atomic E-state index is 12.5. The lowest BCUT2D eigenvalue weighted by molar-refractivity contribution is -0.136. The lowest BCUT2D eigenvalue weighted by Gasteiger charge is -2.31. The van der Waals surface area contributed by atoms with Crippen molar-refractivity contribution in [2.45, 2.75) is 32.1 Å². The SMILES string of the molecule is O=C(Nc1ccccc1)C1CCN(C(=O)COc2ccc3c(c2)CCC3)CC1. The van der Waals surface area contributed by atoms with E-state index in [1.54, 1.807) is 4.90 Å². The number of rotatable bonds is 5. The van der Waals surface area contributed by atoms with E-state index in [4.69, 9.17) is 4.74 Å². The molecule has 5 nitrogen and oxygen atoms in total. The zero-order valence-corrected chi connectivity index (χ0v) is 16.0. The molecule has 0 spiro atoms. The van der Waals surface area contributed by atoms with E-state index in [1.165, 1.54) is 17.5 Å². The van der Waals surface area contributed by atoms with E-state index in [2.05, 4.69) is 17.4 Å². The smallest absolute Gasteiger partial charge is 0.260 e. The second-order valence-corrected chi connectivity index (χ2v) is 7.58. The van der Waals surface area contributed by atoms with Gasteiger partial charge in [-0.25, -0.2) is 0 Å². The van der Waals surface area contributed by atoms with Gasteiger partial charge in [-0.15, -0.1) is 0 Å². The quantitative estimate of drug-likeness (QED) is 0.867. The number of amides is 2. The fraction of sp³-hybridized carbons (Fsp3) is 0.391. The van der Waals surface area contributed by atoms with Crippen LogP contribution in [-0.4, -0.2) is 36.4 Å². The molecule has 2 aliphatic rings. The van der Waals surface area contributed by atoms with Gasteiger partial charge in [0.15, 0.2) is 6.61 Å². The van der Waals surface area contributed by atoms with Crippen LogP contribution in [0.2, 0.25) is 0 Å². The van der Waals surface area contributed by atoms with Gasteiger partial charge in [0.2, 0.25) is 5.91 Å². The summed E-state index contributed by atoms with van der Waals surface area (Å²) in [6.45, 7) is 1.25. The molecule has 0 unspecified atom stereocenters. The molecule has 1 saturated heterocycles. The van der Waals surface area contributed by atoms with Crippen molar-refractivity contribution in [2.24, 2.45) is 5.92 Å². The number of carbonyl (C=O) groups is 2. The van der Waals surface area contributed by atoms with Crippen LogP contribution in [0.5, 0.6) is 5.75 Å². The first-order valence-corrected chi connectivity index (χ1v) is 10.1. The van der Waals surface area contributed by atoms with Crippen LogP contribution in [0.15, 0.2) is 48.5 Å². The van der Waals surface area contributed by atoms with E-state index in [1.807, 2.05) is 36.4 Å². The Morgan fingerprint density at radius 2 is 1.75 bits per heavy atom. The monoisotopic (exact) mass is 378 g/mol. The number of nitrogens with one attached hydrogen (secondary N) is 1. The van der Waals surface area contributed by atoms with Crippen LogP contribution in [0.4, 0.5) is 5.69 Å². The summed E-state index contributed by atoms with van der Waals surface area (Å²) < 4.78 is 5.73. The molecule has 28 heavy (non-hydrogen) atoms. The molecule has 146 valence electrons. The van der Waals surface area contributed by atoms with Crippen molar-refractivity contribution < 1.29 is 14.3 Å². The van der Waals surface area contributed by atoms with Crippen molar-refractivity contribution in [3.05, 3.63) is 59.7 Å². The number of fused-ring (bicyclic) bond motifs is 1. The van der Waals surface area contributed by atoms with Gasteiger partial charge in [-0.1, -0.05) is 24.3 Å². The van der Waals surface area contributed by atoms with Gasteiger partial charge < -0.3 is 15.0 Å². The first-order valence-electron chi connectivity index (χ1n) is 10.1. The summed E-state index contributed by atoms with van der Waals surface area (Å²) >= 11 is 0. The van der Waals surface area contributed by atoms with E-state index >= 15 is 0 Å². The van der Waals surface area contributed by atoms with Gasteiger partial charge in [-0.05, 0) is 67.5 Å². The number of piperidine rings is 1. The minimum atomic E-state index is -0.0538. The first kappa shape index (κ1) is 18.5. The number of benzene rings is 2. The number of likely N-dealkylation sites (tertiary alicyclic amines) is 1. The predicted molar refractivity (Wildman–Crippen MR) is 108 cm³/mol. The number of para-hydroxylation sites is 1. The van der Waals surface area contributed by atoms with E-state index in [9.17, 15) is 9.59 Å². The van der Waals surface area contributed by atoms with Gasteiger partial charge in [0.05, 0.1) is 0 Å². The van der Waals surface area contributed by atoms with Crippen LogP contribution >= 0.6 is 0 Å². The van der Waals surface area contributed by atoms with Gasteiger partial charge in [0.1, 0.15) is 5.75 Å². The molecule has 2 aromatic rings. The summed E-state index contributed by atoms with van der Waals surface area (Å²) in [5, 5.41) is 2.96. The number of ether oxygens (including phenoxy) is 1. The molecule has 5 heteroatoms. The number of hydrogen-bond donors (Lipinski definition) is 1. The molecule has 1 heterocycles. The highest BCUT2D eigenvalue weighted by Crippen LogP contribution is 2.26. The molecular formula is C23H26N2O3. The number of nitrogens with zero attached hydrogens (tertiary/aromatic N) is 1. The molecule has 0 saturated carbocycles. The Balaban J connectivity index is 1.23. The predicted octanol–water partition coefficient (Wildman–Crippen LogP) is 3.43. The first-order chi connectivity index (χ1) is 13.7. The highest BCUT2D eigenvalue weighted by molar-refractivity contribution is 5.92.